The third kappa shape index (κ3) is 3.58. The molecule has 0 amide bonds. The molecule has 1 heterocycles. The van der Waals surface area contributed by atoms with Crippen LogP contribution in [0.1, 0.15) is 41.0 Å². The first-order valence-corrected chi connectivity index (χ1v) is 5.65. The van der Waals surface area contributed by atoms with Crippen LogP contribution in [-0.4, -0.2) is 36.6 Å². The lowest BCUT2D eigenvalue weighted by Crippen LogP contribution is -2.38. The van der Waals surface area contributed by atoms with Crippen LogP contribution < -0.4 is 5.32 Å². The third-order valence-electron chi connectivity index (χ3n) is 2.91. The van der Waals surface area contributed by atoms with Crippen molar-refractivity contribution in [1.29, 1.82) is 0 Å². The SMILES string of the molecule is CN(CC(C)(C)C)C1CNC(C)(C)C1. The zero-order valence-electron chi connectivity index (χ0n) is 10.6. The fraction of sp³-hybridized carbons (Fsp3) is 1.00. The molecule has 1 rings (SSSR count). The Kier molecular flexibility index (Phi) is 3.27. The van der Waals surface area contributed by atoms with Crippen molar-refractivity contribution in [2.45, 2.75) is 52.6 Å². The molecule has 2 heteroatoms. The maximum atomic E-state index is 3.57. The second-order valence-electron chi connectivity index (χ2n) is 6.60. The van der Waals surface area contributed by atoms with Crippen molar-refractivity contribution in [2.24, 2.45) is 5.41 Å². The van der Waals surface area contributed by atoms with Gasteiger partial charge in [0.2, 0.25) is 0 Å². The number of nitrogens with zero attached hydrogens (tertiary/aromatic N) is 1. The van der Waals surface area contributed by atoms with E-state index in [1.54, 1.807) is 0 Å². The summed E-state index contributed by atoms with van der Waals surface area (Å²) in [6.45, 7) is 13.8. The van der Waals surface area contributed by atoms with E-state index in [4.69, 9.17) is 0 Å². The third-order valence-corrected chi connectivity index (χ3v) is 2.91. The number of likely N-dealkylation sites (N-methyl/N-ethyl adjacent to an activating group) is 1. The van der Waals surface area contributed by atoms with Gasteiger partial charge >= 0.3 is 0 Å². The Bertz CT molecular complexity index is 191. The standard InChI is InChI=1S/C12H26N2/c1-11(2,3)9-14(6)10-7-12(4,5)13-8-10/h10,13H,7-9H2,1-6H3. The van der Waals surface area contributed by atoms with Crippen LogP contribution in [0.25, 0.3) is 0 Å². The summed E-state index contributed by atoms with van der Waals surface area (Å²) >= 11 is 0. The van der Waals surface area contributed by atoms with E-state index in [2.05, 4.69) is 51.9 Å². The normalized spacial score (nSPS) is 27.2. The minimum absolute atomic E-state index is 0.330. The van der Waals surface area contributed by atoms with Gasteiger partial charge in [0.05, 0.1) is 0 Å². The topological polar surface area (TPSA) is 15.3 Å². The molecule has 0 aromatic rings. The van der Waals surface area contributed by atoms with Gasteiger partial charge in [-0.05, 0) is 32.7 Å². The molecule has 0 spiro atoms. The Morgan fingerprint density at radius 2 is 1.93 bits per heavy atom. The molecule has 1 N–H and O–H groups in total. The van der Waals surface area contributed by atoms with Crippen LogP contribution in [0.3, 0.4) is 0 Å². The van der Waals surface area contributed by atoms with Gasteiger partial charge < -0.3 is 10.2 Å². The first-order chi connectivity index (χ1) is 6.20. The molecule has 1 aliphatic heterocycles. The van der Waals surface area contributed by atoms with E-state index < -0.39 is 0 Å². The van der Waals surface area contributed by atoms with Gasteiger partial charge in [-0.2, -0.15) is 0 Å². The van der Waals surface area contributed by atoms with Crippen LogP contribution in [0.5, 0.6) is 0 Å². The van der Waals surface area contributed by atoms with Crippen LogP contribution in [0.4, 0.5) is 0 Å². The summed E-state index contributed by atoms with van der Waals surface area (Å²) in [5, 5.41) is 3.57. The van der Waals surface area contributed by atoms with Gasteiger partial charge in [0.15, 0.2) is 0 Å². The summed E-state index contributed by atoms with van der Waals surface area (Å²) < 4.78 is 0. The second kappa shape index (κ2) is 3.82. The summed E-state index contributed by atoms with van der Waals surface area (Å²) in [5.41, 5.74) is 0.734. The number of hydrogen-bond acceptors (Lipinski definition) is 2. The Hall–Kier alpha value is -0.0800. The highest BCUT2D eigenvalue weighted by atomic mass is 15.2. The smallest absolute Gasteiger partial charge is 0.0235 e. The first kappa shape index (κ1) is 12.0. The van der Waals surface area contributed by atoms with E-state index >= 15 is 0 Å². The van der Waals surface area contributed by atoms with Gasteiger partial charge in [-0.25, -0.2) is 0 Å². The lowest BCUT2D eigenvalue weighted by atomic mass is 9.94. The Balaban J connectivity index is 2.44. The van der Waals surface area contributed by atoms with E-state index in [0.29, 0.717) is 17.0 Å². The van der Waals surface area contributed by atoms with Crippen LogP contribution in [0, 0.1) is 5.41 Å². The van der Waals surface area contributed by atoms with Gasteiger partial charge in [0.1, 0.15) is 0 Å². The fourth-order valence-electron chi connectivity index (χ4n) is 2.32. The molecular formula is C12H26N2. The zero-order chi connectivity index (χ0) is 11.0. The van der Waals surface area contributed by atoms with Gasteiger partial charge in [-0.1, -0.05) is 20.8 Å². The quantitative estimate of drug-likeness (QED) is 0.731. The van der Waals surface area contributed by atoms with Crippen LogP contribution in [-0.2, 0) is 0 Å². The molecule has 0 saturated carbocycles. The van der Waals surface area contributed by atoms with E-state index in [1.165, 1.54) is 13.0 Å². The predicted molar refractivity (Wildman–Crippen MR) is 62.6 cm³/mol. The molecule has 14 heavy (non-hydrogen) atoms. The summed E-state index contributed by atoms with van der Waals surface area (Å²) in [7, 11) is 2.25. The molecule has 0 aromatic heterocycles. The number of nitrogens with one attached hydrogen (secondary N) is 1. The van der Waals surface area contributed by atoms with Gasteiger partial charge in [0.25, 0.3) is 0 Å². The van der Waals surface area contributed by atoms with Crippen molar-refractivity contribution >= 4 is 0 Å². The van der Waals surface area contributed by atoms with Crippen LogP contribution >= 0.6 is 0 Å². The molecule has 1 atom stereocenters. The van der Waals surface area contributed by atoms with E-state index in [0.717, 1.165) is 6.54 Å². The minimum atomic E-state index is 0.330. The van der Waals surface area contributed by atoms with Crippen molar-refractivity contribution in [3.05, 3.63) is 0 Å². The first-order valence-electron chi connectivity index (χ1n) is 5.65. The summed E-state index contributed by atoms with van der Waals surface area (Å²) in [5.74, 6) is 0. The number of rotatable bonds is 2. The highest BCUT2D eigenvalue weighted by Gasteiger charge is 2.33. The largest absolute Gasteiger partial charge is 0.310 e. The molecule has 0 aromatic carbocycles. The molecule has 84 valence electrons. The van der Waals surface area contributed by atoms with Crippen LogP contribution in [0.2, 0.25) is 0 Å². The van der Waals surface area contributed by atoms with Gasteiger partial charge in [-0.15, -0.1) is 0 Å². The summed E-state index contributed by atoms with van der Waals surface area (Å²) in [4.78, 5) is 2.50. The Labute approximate surface area is 89.1 Å². The second-order valence-corrected chi connectivity index (χ2v) is 6.60. The molecular weight excluding hydrogens is 172 g/mol. The summed E-state index contributed by atoms with van der Waals surface area (Å²) in [6.07, 6.45) is 1.26. The van der Waals surface area contributed by atoms with E-state index in [-0.39, 0.29) is 0 Å². The molecule has 0 aliphatic carbocycles. The van der Waals surface area contributed by atoms with Crippen molar-refractivity contribution < 1.29 is 0 Å². The maximum absolute atomic E-state index is 3.57. The highest BCUT2D eigenvalue weighted by Crippen LogP contribution is 2.24. The zero-order valence-corrected chi connectivity index (χ0v) is 10.6. The predicted octanol–water partition coefficient (Wildman–Crippen LogP) is 2.10. The Morgan fingerprint density at radius 3 is 2.29 bits per heavy atom. The van der Waals surface area contributed by atoms with Crippen molar-refractivity contribution in [3.63, 3.8) is 0 Å². The lowest BCUT2D eigenvalue weighted by molar-refractivity contribution is 0.176. The average molecular weight is 198 g/mol. The molecule has 0 bridgehead atoms. The summed E-state index contributed by atoms with van der Waals surface area (Å²) in [6, 6.07) is 0.712. The molecule has 0 radical (unpaired) electrons. The van der Waals surface area contributed by atoms with Crippen molar-refractivity contribution in [1.82, 2.24) is 10.2 Å². The van der Waals surface area contributed by atoms with Crippen molar-refractivity contribution in [3.8, 4) is 0 Å². The monoisotopic (exact) mass is 198 g/mol. The number of hydrogen-bond donors (Lipinski definition) is 1. The Morgan fingerprint density at radius 1 is 1.36 bits per heavy atom. The van der Waals surface area contributed by atoms with Gasteiger partial charge in [0, 0.05) is 24.7 Å². The maximum Gasteiger partial charge on any atom is 0.0235 e. The highest BCUT2D eigenvalue weighted by molar-refractivity contribution is 4.94. The molecule has 1 unspecified atom stereocenters. The minimum Gasteiger partial charge on any atom is -0.310 e. The molecule has 1 aliphatic rings. The van der Waals surface area contributed by atoms with Gasteiger partial charge in [-0.3, -0.25) is 0 Å². The van der Waals surface area contributed by atoms with E-state index in [9.17, 15) is 0 Å². The average Bonchev–Trinajstić information content (AvgIpc) is 2.26. The van der Waals surface area contributed by atoms with E-state index in [1.807, 2.05) is 0 Å². The van der Waals surface area contributed by atoms with Crippen LogP contribution in [0.15, 0.2) is 0 Å². The molecule has 2 nitrogen and oxygen atoms in total. The molecule has 1 fully saturated rings. The van der Waals surface area contributed by atoms with Crippen molar-refractivity contribution in [2.75, 3.05) is 20.1 Å². The fourth-order valence-corrected chi connectivity index (χ4v) is 2.32. The molecule has 1 saturated heterocycles. The lowest BCUT2D eigenvalue weighted by Gasteiger charge is -2.31.